The molecule has 10 heteroatoms. The average Bonchev–Trinajstić information content (AvgIpc) is 4.25. The normalized spacial score (nSPS) is 17.4. The van der Waals surface area contributed by atoms with Crippen molar-refractivity contribution in [1.29, 1.82) is 0 Å². The van der Waals surface area contributed by atoms with Crippen LogP contribution in [0.3, 0.4) is 0 Å². The first-order valence-electron chi connectivity index (χ1n) is 25.0. The predicted molar refractivity (Wildman–Crippen MR) is 292 cm³/mol. The number of unbranched alkanes of at least 4 members (excludes halogenated alkanes) is 2. The maximum Gasteiger partial charge on any atom is 0.160 e. The predicted octanol–water partition coefficient (Wildman–Crippen LogP) is 16.6. The smallest absolute Gasteiger partial charge is 0.160 e. The Bertz CT molecular complexity index is 2910. The summed E-state index contributed by atoms with van der Waals surface area (Å²) in [5.74, 6) is 4.22. The van der Waals surface area contributed by atoms with Gasteiger partial charge in [0, 0.05) is 11.1 Å². The fourth-order valence-corrected chi connectivity index (χ4v) is 15.6. The van der Waals surface area contributed by atoms with E-state index >= 15 is 0 Å². The van der Waals surface area contributed by atoms with Crippen LogP contribution in [-0.2, 0) is 10.8 Å². The summed E-state index contributed by atoms with van der Waals surface area (Å²) in [5.41, 5.74) is 7.53. The first-order valence-corrected chi connectivity index (χ1v) is 28.2. The first kappa shape index (κ1) is 48.1. The summed E-state index contributed by atoms with van der Waals surface area (Å²) >= 11 is 6.84. The summed E-state index contributed by atoms with van der Waals surface area (Å²) in [6.07, 6.45) is 8.17. The Kier molecular flexibility index (Phi) is 14.0. The van der Waals surface area contributed by atoms with Crippen LogP contribution in [0.4, 0.5) is 0 Å². The summed E-state index contributed by atoms with van der Waals surface area (Å²) in [6, 6.07) is 38.9. The summed E-state index contributed by atoms with van der Waals surface area (Å²) in [7, 11) is 0. The zero-order valence-corrected chi connectivity index (χ0v) is 44.1. The van der Waals surface area contributed by atoms with Gasteiger partial charge in [0.25, 0.3) is 0 Å². The molecule has 70 heavy (non-hydrogen) atoms. The van der Waals surface area contributed by atoms with E-state index in [4.69, 9.17) is 18.9 Å². The largest absolute Gasteiger partial charge is 0.494 e. The van der Waals surface area contributed by atoms with E-state index in [1.54, 1.807) is 22.7 Å². The van der Waals surface area contributed by atoms with E-state index in [1.807, 2.05) is 22.7 Å². The molecule has 0 saturated carbocycles. The summed E-state index contributed by atoms with van der Waals surface area (Å²) in [5, 5.41) is 0. The quantitative estimate of drug-likeness (QED) is 0.0498. The number of benzene rings is 4. The lowest BCUT2D eigenvalue weighted by Gasteiger charge is -2.34. The number of thiophene rings is 4. The SMILES string of the molecule is CCCCOc1ccc(C2(c3ccc(OC[C@H](C)CC)cc3)c3cc(C=O)sc3-c3sc4c5c(sc4c32)-c2sc(C=O)cc2C5(c2ccc(OCCCC)cc2)c2ccc(OC[C@H](C)CC)cc2)cc1. The van der Waals surface area contributed by atoms with Crippen LogP contribution < -0.4 is 18.9 Å². The van der Waals surface area contributed by atoms with Crippen LogP contribution in [0.25, 0.3) is 28.9 Å². The van der Waals surface area contributed by atoms with Crippen molar-refractivity contribution in [3.8, 4) is 42.5 Å². The topological polar surface area (TPSA) is 71.1 Å². The molecule has 2 unspecified atom stereocenters. The second kappa shape index (κ2) is 20.3. The number of rotatable bonds is 22. The van der Waals surface area contributed by atoms with Gasteiger partial charge in [-0.2, -0.15) is 0 Å². The molecule has 8 aromatic rings. The number of hydrogen-bond donors (Lipinski definition) is 0. The lowest BCUT2D eigenvalue weighted by molar-refractivity contribution is 0.111. The van der Waals surface area contributed by atoms with E-state index in [0.717, 1.165) is 117 Å². The Hall–Kier alpha value is -5.52. The third-order valence-electron chi connectivity index (χ3n) is 14.4. The highest BCUT2D eigenvalue weighted by atomic mass is 32.1. The summed E-state index contributed by atoms with van der Waals surface area (Å²) in [4.78, 5) is 31.7. The van der Waals surface area contributed by atoms with Gasteiger partial charge in [0.2, 0.25) is 0 Å². The molecule has 0 spiro atoms. The van der Waals surface area contributed by atoms with Crippen molar-refractivity contribution < 1.29 is 28.5 Å². The van der Waals surface area contributed by atoms with Crippen molar-refractivity contribution in [2.75, 3.05) is 26.4 Å². The van der Waals surface area contributed by atoms with Gasteiger partial charge >= 0.3 is 0 Å². The molecule has 10 rings (SSSR count). The molecule has 2 aliphatic rings. The van der Waals surface area contributed by atoms with Gasteiger partial charge in [-0.1, -0.05) is 116 Å². The minimum Gasteiger partial charge on any atom is -0.494 e. The van der Waals surface area contributed by atoms with Crippen LogP contribution in [-0.4, -0.2) is 39.0 Å². The van der Waals surface area contributed by atoms with Crippen molar-refractivity contribution in [3.05, 3.63) is 163 Å². The molecule has 4 aromatic carbocycles. The Morgan fingerprint density at radius 3 is 1.09 bits per heavy atom. The Balaban J connectivity index is 1.24. The van der Waals surface area contributed by atoms with Gasteiger partial charge < -0.3 is 18.9 Å². The van der Waals surface area contributed by atoms with Crippen LogP contribution in [0.2, 0.25) is 0 Å². The van der Waals surface area contributed by atoms with Gasteiger partial charge in [-0.25, -0.2) is 0 Å². The molecule has 0 amide bonds. The van der Waals surface area contributed by atoms with Gasteiger partial charge in [-0.3, -0.25) is 9.59 Å². The Morgan fingerprint density at radius 1 is 0.457 bits per heavy atom. The molecule has 0 fully saturated rings. The number of aldehydes is 2. The molecule has 360 valence electrons. The minimum absolute atomic E-state index is 0.438. The van der Waals surface area contributed by atoms with Gasteiger partial charge in [-0.15, -0.1) is 45.3 Å². The zero-order chi connectivity index (χ0) is 48.6. The Labute approximate surface area is 428 Å². The number of fused-ring (bicyclic) bond motifs is 9. The maximum absolute atomic E-state index is 12.8. The lowest BCUT2D eigenvalue weighted by Crippen LogP contribution is -2.29. The zero-order valence-electron chi connectivity index (χ0n) is 40.9. The standard InChI is InChI=1S/C60H60O6S4/c1-7-11-29-63-43-21-13-39(14-22-43)59(41-17-25-45(26-18-41)65-35-37(5)9-3)49-31-47(33-61)67-53(49)55-51(59)57-58(69-55)52-56(70-57)54-50(32-48(34-62)68-54)60(52,40-15-23-44(24-16-40)64-30-12-8-2)42-19-27-46(28-20-42)66-36-38(6)10-4/h13-28,31-34,37-38H,7-12,29-30,35-36H2,1-6H3/t37-,38-,59?,60?/m1/s1. The van der Waals surface area contributed by atoms with Crippen LogP contribution in [0.5, 0.6) is 23.0 Å². The lowest BCUT2D eigenvalue weighted by atomic mass is 9.67. The molecule has 4 heterocycles. The van der Waals surface area contributed by atoms with Crippen LogP contribution >= 0.6 is 45.3 Å². The van der Waals surface area contributed by atoms with Crippen molar-refractivity contribution >= 4 is 67.3 Å². The van der Waals surface area contributed by atoms with Crippen LogP contribution in [0.1, 0.15) is 144 Å². The van der Waals surface area contributed by atoms with E-state index in [-0.39, 0.29) is 0 Å². The molecule has 4 atom stereocenters. The van der Waals surface area contributed by atoms with Gasteiger partial charge in [0.15, 0.2) is 12.6 Å². The fraction of sp³-hybridized carbons (Fsp3) is 0.333. The first-order chi connectivity index (χ1) is 34.2. The molecule has 0 aliphatic heterocycles. The third-order valence-corrected chi connectivity index (χ3v) is 19.4. The van der Waals surface area contributed by atoms with Gasteiger partial charge in [-0.05, 0) is 119 Å². The van der Waals surface area contributed by atoms with Crippen molar-refractivity contribution in [2.45, 2.75) is 90.9 Å². The molecule has 0 saturated heterocycles. The van der Waals surface area contributed by atoms with E-state index in [2.05, 4.69) is 151 Å². The molecule has 2 aliphatic carbocycles. The minimum atomic E-state index is -0.780. The van der Waals surface area contributed by atoms with E-state index in [1.165, 1.54) is 30.3 Å². The summed E-state index contributed by atoms with van der Waals surface area (Å²) < 4.78 is 27.7. The number of hydrogen-bond acceptors (Lipinski definition) is 10. The second-order valence-corrected chi connectivity index (χ2v) is 23.1. The molecular weight excluding hydrogens is 945 g/mol. The highest BCUT2D eigenvalue weighted by Crippen LogP contribution is 2.70. The average molecular weight is 1010 g/mol. The maximum atomic E-state index is 12.8. The number of ether oxygens (including phenoxy) is 4. The number of carbonyl (C=O) groups is 2. The van der Waals surface area contributed by atoms with Crippen molar-refractivity contribution in [3.63, 3.8) is 0 Å². The van der Waals surface area contributed by atoms with E-state index < -0.39 is 10.8 Å². The Morgan fingerprint density at radius 2 is 0.786 bits per heavy atom. The van der Waals surface area contributed by atoms with Crippen LogP contribution in [0.15, 0.2) is 109 Å². The second-order valence-electron chi connectivity index (χ2n) is 18.9. The van der Waals surface area contributed by atoms with Gasteiger partial charge in [0.1, 0.15) is 23.0 Å². The van der Waals surface area contributed by atoms with E-state index in [0.29, 0.717) is 48.0 Å². The summed E-state index contributed by atoms with van der Waals surface area (Å²) in [6.45, 7) is 15.8. The molecule has 0 radical (unpaired) electrons. The highest BCUT2D eigenvalue weighted by Gasteiger charge is 2.55. The van der Waals surface area contributed by atoms with Crippen molar-refractivity contribution in [1.82, 2.24) is 0 Å². The molecule has 0 bridgehead atoms. The number of carbonyl (C=O) groups excluding carboxylic acids is 2. The van der Waals surface area contributed by atoms with Crippen molar-refractivity contribution in [2.24, 2.45) is 11.8 Å². The molecule has 6 nitrogen and oxygen atoms in total. The monoisotopic (exact) mass is 1000 g/mol. The molecular formula is C60H60O6S4. The third kappa shape index (κ3) is 8.13. The van der Waals surface area contributed by atoms with Crippen LogP contribution in [0, 0.1) is 11.8 Å². The van der Waals surface area contributed by atoms with Gasteiger partial charge in [0.05, 0.1) is 75.9 Å². The van der Waals surface area contributed by atoms with E-state index in [9.17, 15) is 9.59 Å². The molecule has 4 aromatic heterocycles. The fourth-order valence-electron chi connectivity index (χ4n) is 10.2. The molecule has 0 N–H and O–H groups in total. The highest BCUT2D eigenvalue weighted by molar-refractivity contribution is 7.34.